The van der Waals surface area contributed by atoms with Crippen molar-refractivity contribution in [1.82, 2.24) is 5.32 Å². The summed E-state index contributed by atoms with van der Waals surface area (Å²) in [6, 6.07) is 28.0. The maximum Gasteiger partial charge on any atom is 0.115 e. The van der Waals surface area contributed by atoms with Gasteiger partial charge in [-0.2, -0.15) is 10.5 Å². The fraction of sp³-hybridized carbons (Fsp3) is 0.310. The molecule has 3 atom stereocenters. The van der Waals surface area contributed by atoms with Gasteiger partial charge in [-0.15, -0.1) is 0 Å². The van der Waals surface area contributed by atoms with E-state index in [0.717, 1.165) is 17.5 Å². The lowest BCUT2D eigenvalue weighted by Gasteiger charge is -2.36. The molecular formula is C29H29FIN3. The van der Waals surface area contributed by atoms with E-state index in [1.807, 2.05) is 50.2 Å². The second kappa shape index (κ2) is 11.6. The molecule has 1 N–H and O–H groups in total. The fourth-order valence-corrected chi connectivity index (χ4v) is 4.68. The van der Waals surface area contributed by atoms with Gasteiger partial charge >= 0.3 is 0 Å². The van der Waals surface area contributed by atoms with Crippen LogP contribution < -0.4 is 5.32 Å². The predicted octanol–water partition coefficient (Wildman–Crippen LogP) is 7.23. The summed E-state index contributed by atoms with van der Waals surface area (Å²) in [6.07, 6.45) is 0.782. The first kappa shape index (κ1) is 25.9. The summed E-state index contributed by atoms with van der Waals surface area (Å²) in [4.78, 5) is 0. The molecule has 3 aromatic carbocycles. The lowest BCUT2D eigenvalue weighted by atomic mass is 9.79. The highest BCUT2D eigenvalue weighted by atomic mass is 127. The SMILES string of the molecule is C[C@H](NC(c1cccc(CF)c1)C(C)(C)C#N)[C@@H](Cc1ccc(I)cc1)c1cccc(C#N)c1. The van der Waals surface area contributed by atoms with E-state index >= 15 is 0 Å². The molecule has 34 heavy (non-hydrogen) atoms. The minimum atomic E-state index is -0.717. The third-order valence-electron chi connectivity index (χ3n) is 6.29. The molecule has 0 saturated heterocycles. The van der Waals surface area contributed by atoms with Crippen LogP contribution in [0.4, 0.5) is 4.39 Å². The summed E-state index contributed by atoms with van der Waals surface area (Å²) in [6.45, 7) is 5.39. The van der Waals surface area contributed by atoms with Gasteiger partial charge in [0.05, 0.1) is 29.2 Å². The van der Waals surface area contributed by atoms with Crippen LogP contribution in [0.15, 0.2) is 72.8 Å². The summed E-state index contributed by atoms with van der Waals surface area (Å²) in [5.41, 5.74) is 3.68. The van der Waals surface area contributed by atoms with Crippen LogP contribution >= 0.6 is 22.6 Å². The molecule has 3 rings (SSSR count). The quantitative estimate of drug-likeness (QED) is 0.279. The van der Waals surface area contributed by atoms with Crippen LogP contribution in [0.25, 0.3) is 0 Å². The Kier molecular flexibility index (Phi) is 8.83. The van der Waals surface area contributed by atoms with Crippen molar-refractivity contribution in [3.8, 4) is 12.1 Å². The molecule has 3 aromatic rings. The molecule has 1 unspecified atom stereocenters. The zero-order chi connectivity index (χ0) is 24.7. The van der Waals surface area contributed by atoms with Crippen LogP contribution in [0.2, 0.25) is 0 Å². The molecule has 0 fully saturated rings. The van der Waals surface area contributed by atoms with Gasteiger partial charge in [-0.3, -0.25) is 0 Å². The average molecular weight is 565 g/mol. The van der Waals surface area contributed by atoms with Crippen LogP contribution in [0.5, 0.6) is 0 Å². The highest BCUT2D eigenvalue weighted by Gasteiger charge is 2.34. The first-order valence-corrected chi connectivity index (χ1v) is 12.4. The zero-order valence-corrected chi connectivity index (χ0v) is 21.9. The summed E-state index contributed by atoms with van der Waals surface area (Å²) >= 11 is 2.30. The molecule has 0 radical (unpaired) electrons. The molecule has 0 aliphatic rings. The Bertz CT molecular complexity index is 1190. The van der Waals surface area contributed by atoms with Gasteiger partial charge in [0.15, 0.2) is 0 Å². The Morgan fingerprint density at radius 1 is 0.941 bits per heavy atom. The number of benzene rings is 3. The van der Waals surface area contributed by atoms with E-state index in [2.05, 4.69) is 77.3 Å². The number of nitrogens with one attached hydrogen (secondary N) is 1. The minimum absolute atomic E-state index is 0.0279. The Hall–Kier alpha value is -2.74. The van der Waals surface area contributed by atoms with E-state index in [9.17, 15) is 14.9 Å². The standard InChI is InChI=1S/C29H29FIN3/c1-20(34-28(29(2,3)19-33)25-9-4-6-22(14-25)17-30)27(16-21-10-12-26(31)13-11-21)24-8-5-7-23(15-24)18-32/h4-15,20,27-28,34H,16-17H2,1-3H3/t20-,27+,28?/m0/s1. The van der Waals surface area contributed by atoms with Gasteiger partial charge in [-0.1, -0.05) is 48.5 Å². The average Bonchev–Trinajstić information content (AvgIpc) is 2.86. The molecule has 0 heterocycles. The highest BCUT2D eigenvalue weighted by Crippen LogP contribution is 2.36. The maximum absolute atomic E-state index is 13.4. The molecule has 0 amide bonds. The normalized spacial score (nSPS) is 14.0. The molecular weight excluding hydrogens is 536 g/mol. The Labute approximate surface area is 215 Å². The number of alkyl halides is 1. The Morgan fingerprint density at radius 3 is 2.26 bits per heavy atom. The molecule has 174 valence electrons. The second-order valence-electron chi connectivity index (χ2n) is 9.27. The van der Waals surface area contributed by atoms with E-state index in [-0.39, 0.29) is 18.0 Å². The zero-order valence-electron chi connectivity index (χ0n) is 19.7. The van der Waals surface area contributed by atoms with E-state index in [1.165, 1.54) is 9.13 Å². The molecule has 0 aliphatic carbocycles. The Morgan fingerprint density at radius 2 is 1.62 bits per heavy atom. The number of nitrogens with zero attached hydrogens (tertiary/aromatic N) is 2. The number of rotatable bonds is 9. The van der Waals surface area contributed by atoms with Gasteiger partial charge in [-0.25, -0.2) is 4.39 Å². The molecule has 0 spiro atoms. The van der Waals surface area contributed by atoms with Gasteiger partial charge in [0.1, 0.15) is 6.67 Å². The van der Waals surface area contributed by atoms with E-state index in [0.29, 0.717) is 11.1 Å². The van der Waals surface area contributed by atoms with Gasteiger partial charge < -0.3 is 5.32 Å². The summed E-state index contributed by atoms with van der Waals surface area (Å²) < 4.78 is 14.6. The van der Waals surface area contributed by atoms with Crippen molar-refractivity contribution in [2.75, 3.05) is 0 Å². The minimum Gasteiger partial charge on any atom is -0.305 e. The molecule has 3 nitrogen and oxygen atoms in total. The first-order chi connectivity index (χ1) is 16.3. The van der Waals surface area contributed by atoms with Gasteiger partial charge in [-0.05, 0) is 96.3 Å². The van der Waals surface area contributed by atoms with Crippen LogP contribution in [0.3, 0.4) is 0 Å². The van der Waals surface area contributed by atoms with Gasteiger partial charge in [0, 0.05) is 15.5 Å². The topological polar surface area (TPSA) is 59.6 Å². The van der Waals surface area contributed by atoms with Crippen molar-refractivity contribution in [3.63, 3.8) is 0 Å². The van der Waals surface area contributed by atoms with E-state index < -0.39 is 12.1 Å². The van der Waals surface area contributed by atoms with Crippen molar-refractivity contribution in [1.29, 1.82) is 10.5 Å². The molecule has 0 saturated carbocycles. The third-order valence-corrected chi connectivity index (χ3v) is 7.01. The van der Waals surface area contributed by atoms with Crippen LogP contribution in [0, 0.1) is 31.6 Å². The molecule has 0 bridgehead atoms. The van der Waals surface area contributed by atoms with Crippen molar-refractivity contribution in [2.45, 2.75) is 51.9 Å². The maximum atomic E-state index is 13.4. The number of nitriles is 2. The van der Waals surface area contributed by atoms with Crippen molar-refractivity contribution >= 4 is 22.6 Å². The van der Waals surface area contributed by atoms with Crippen LogP contribution in [0.1, 0.15) is 60.5 Å². The Balaban J connectivity index is 2.00. The first-order valence-electron chi connectivity index (χ1n) is 11.3. The lowest BCUT2D eigenvalue weighted by molar-refractivity contribution is 0.280. The largest absolute Gasteiger partial charge is 0.305 e. The monoisotopic (exact) mass is 565 g/mol. The fourth-order valence-electron chi connectivity index (χ4n) is 4.32. The number of hydrogen-bond donors (Lipinski definition) is 1. The number of halogens is 2. The smallest absolute Gasteiger partial charge is 0.115 e. The third kappa shape index (κ3) is 6.44. The molecule has 5 heteroatoms. The van der Waals surface area contributed by atoms with Crippen LogP contribution in [-0.4, -0.2) is 6.04 Å². The van der Waals surface area contributed by atoms with Crippen molar-refractivity contribution in [2.24, 2.45) is 5.41 Å². The van der Waals surface area contributed by atoms with E-state index in [4.69, 9.17) is 0 Å². The van der Waals surface area contributed by atoms with Crippen molar-refractivity contribution < 1.29 is 4.39 Å². The predicted molar refractivity (Wildman–Crippen MR) is 143 cm³/mol. The summed E-state index contributed by atoms with van der Waals surface area (Å²) in [7, 11) is 0. The highest BCUT2D eigenvalue weighted by molar-refractivity contribution is 14.1. The molecule has 0 aliphatic heterocycles. The second-order valence-corrected chi connectivity index (χ2v) is 10.5. The summed E-state index contributed by atoms with van der Waals surface area (Å²) in [5, 5.41) is 23.1. The van der Waals surface area contributed by atoms with E-state index in [1.54, 1.807) is 6.07 Å². The summed E-state index contributed by atoms with van der Waals surface area (Å²) in [5.74, 6) is 0.0645. The number of hydrogen-bond acceptors (Lipinski definition) is 3. The lowest BCUT2D eigenvalue weighted by Crippen LogP contribution is -2.42. The van der Waals surface area contributed by atoms with Gasteiger partial charge in [0.25, 0.3) is 0 Å². The van der Waals surface area contributed by atoms with Crippen LogP contribution in [-0.2, 0) is 13.1 Å². The van der Waals surface area contributed by atoms with Gasteiger partial charge in [0.2, 0.25) is 0 Å². The van der Waals surface area contributed by atoms with Crippen molar-refractivity contribution in [3.05, 3.63) is 104 Å². The molecule has 0 aromatic heterocycles.